The van der Waals surface area contributed by atoms with E-state index in [1.807, 2.05) is 6.92 Å². The first-order chi connectivity index (χ1) is 5.37. The SMILES string of the molecule is CCCC(O)C(N)CC(C)(C)O. The molecule has 0 aliphatic heterocycles. The van der Waals surface area contributed by atoms with Gasteiger partial charge in [0.15, 0.2) is 0 Å². The van der Waals surface area contributed by atoms with Crippen LogP contribution in [0, 0.1) is 0 Å². The molecule has 74 valence electrons. The van der Waals surface area contributed by atoms with Gasteiger partial charge in [0.1, 0.15) is 0 Å². The van der Waals surface area contributed by atoms with Crippen LogP contribution >= 0.6 is 0 Å². The largest absolute Gasteiger partial charge is 0.392 e. The predicted octanol–water partition coefficient (Wildman–Crippen LogP) is 0.636. The second-order valence-electron chi connectivity index (χ2n) is 4.04. The molecule has 0 fully saturated rings. The summed E-state index contributed by atoms with van der Waals surface area (Å²) in [4.78, 5) is 0. The minimum absolute atomic E-state index is 0.315. The highest BCUT2D eigenvalue weighted by atomic mass is 16.3. The molecule has 0 amide bonds. The van der Waals surface area contributed by atoms with Crippen molar-refractivity contribution in [2.45, 2.75) is 57.8 Å². The third kappa shape index (κ3) is 5.52. The van der Waals surface area contributed by atoms with Gasteiger partial charge in [-0.05, 0) is 26.7 Å². The van der Waals surface area contributed by atoms with Crippen LogP contribution in [-0.2, 0) is 0 Å². The molecule has 0 bridgehead atoms. The van der Waals surface area contributed by atoms with Crippen LogP contribution in [0.15, 0.2) is 0 Å². The van der Waals surface area contributed by atoms with Crippen molar-refractivity contribution >= 4 is 0 Å². The molecule has 2 atom stereocenters. The summed E-state index contributed by atoms with van der Waals surface area (Å²) < 4.78 is 0. The van der Waals surface area contributed by atoms with Gasteiger partial charge in [-0.1, -0.05) is 13.3 Å². The van der Waals surface area contributed by atoms with Crippen LogP contribution in [0.3, 0.4) is 0 Å². The highest BCUT2D eigenvalue weighted by Crippen LogP contribution is 2.13. The number of rotatable bonds is 5. The predicted molar refractivity (Wildman–Crippen MR) is 49.8 cm³/mol. The fraction of sp³-hybridized carbons (Fsp3) is 1.00. The number of hydrogen-bond donors (Lipinski definition) is 3. The quantitative estimate of drug-likeness (QED) is 0.574. The van der Waals surface area contributed by atoms with E-state index in [-0.39, 0.29) is 6.04 Å². The zero-order valence-electron chi connectivity index (χ0n) is 8.25. The summed E-state index contributed by atoms with van der Waals surface area (Å²) in [7, 11) is 0. The Hall–Kier alpha value is -0.120. The summed E-state index contributed by atoms with van der Waals surface area (Å²) in [6.07, 6.45) is 1.58. The average molecular weight is 175 g/mol. The molecule has 0 heterocycles. The molecule has 2 unspecified atom stereocenters. The maximum atomic E-state index is 9.44. The van der Waals surface area contributed by atoms with Crippen molar-refractivity contribution in [3.63, 3.8) is 0 Å². The van der Waals surface area contributed by atoms with Crippen molar-refractivity contribution in [1.82, 2.24) is 0 Å². The molecular formula is C9H21NO2. The maximum absolute atomic E-state index is 9.44. The molecule has 0 aromatic heterocycles. The molecule has 12 heavy (non-hydrogen) atoms. The van der Waals surface area contributed by atoms with E-state index in [4.69, 9.17) is 5.73 Å². The fourth-order valence-electron chi connectivity index (χ4n) is 1.22. The molecule has 0 saturated carbocycles. The standard InChI is InChI=1S/C9H21NO2/c1-4-5-8(11)7(10)6-9(2,3)12/h7-8,11-12H,4-6,10H2,1-3H3. The van der Waals surface area contributed by atoms with Gasteiger partial charge in [-0.15, -0.1) is 0 Å². The second-order valence-corrected chi connectivity index (χ2v) is 4.04. The second kappa shape index (κ2) is 4.80. The highest BCUT2D eigenvalue weighted by Gasteiger charge is 2.22. The van der Waals surface area contributed by atoms with Gasteiger partial charge in [0.05, 0.1) is 11.7 Å². The van der Waals surface area contributed by atoms with Crippen LogP contribution in [0.1, 0.15) is 40.0 Å². The average Bonchev–Trinajstić information content (AvgIpc) is 1.84. The first-order valence-corrected chi connectivity index (χ1v) is 4.53. The Balaban J connectivity index is 3.78. The monoisotopic (exact) mass is 175 g/mol. The summed E-state index contributed by atoms with van der Waals surface area (Å²) in [5.41, 5.74) is 4.90. The molecule has 3 heteroatoms. The Morgan fingerprint density at radius 2 is 1.92 bits per heavy atom. The van der Waals surface area contributed by atoms with Crippen molar-refractivity contribution in [1.29, 1.82) is 0 Å². The molecule has 0 aliphatic rings. The van der Waals surface area contributed by atoms with E-state index in [0.29, 0.717) is 12.8 Å². The molecule has 0 aromatic carbocycles. The van der Waals surface area contributed by atoms with Gasteiger partial charge in [0.2, 0.25) is 0 Å². The summed E-state index contributed by atoms with van der Waals surface area (Å²) in [6.45, 7) is 5.40. The van der Waals surface area contributed by atoms with E-state index in [9.17, 15) is 10.2 Å². The number of aliphatic hydroxyl groups is 2. The van der Waals surface area contributed by atoms with Gasteiger partial charge >= 0.3 is 0 Å². The third-order valence-electron chi connectivity index (χ3n) is 1.81. The summed E-state index contributed by atoms with van der Waals surface area (Å²) in [6, 6.07) is -0.315. The van der Waals surface area contributed by atoms with Crippen molar-refractivity contribution in [2.75, 3.05) is 0 Å². The number of aliphatic hydroxyl groups excluding tert-OH is 1. The van der Waals surface area contributed by atoms with E-state index in [2.05, 4.69) is 0 Å². The maximum Gasteiger partial charge on any atom is 0.0692 e. The molecule has 0 aliphatic carbocycles. The third-order valence-corrected chi connectivity index (χ3v) is 1.81. The van der Waals surface area contributed by atoms with E-state index >= 15 is 0 Å². The van der Waals surface area contributed by atoms with E-state index < -0.39 is 11.7 Å². The van der Waals surface area contributed by atoms with Crippen molar-refractivity contribution in [3.8, 4) is 0 Å². The zero-order valence-corrected chi connectivity index (χ0v) is 8.25. The smallest absolute Gasteiger partial charge is 0.0692 e. The number of hydrogen-bond acceptors (Lipinski definition) is 3. The molecule has 0 radical (unpaired) electrons. The summed E-state index contributed by atoms with van der Waals surface area (Å²) in [5, 5.41) is 18.9. The Bertz CT molecular complexity index is 120. The Morgan fingerprint density at radius 3 is 2.25 bits per heavy atom. The van der Waals surface area contributed by atoms with Crippen LogP contribution < -0.4 is 5.73 Å². The van der Waals surface area contributed by atoms with Gasteiger partial charge in [-0.3, -0.25) is 0 Å². The lowest BCUT2D eigenvalue weighted by atomic mass is 9.94. The van der Waals surface area contributed by atoms with Crippen molar-refractivity contribution in [3.05, 3.63) is 0 Å². The Labute approximate surface area is 74.6 Å². The Kier molecular flexibility index (Phi) is 4.75. The summed E-state index contributed by atoms with van der Waals surface area (Å²) >= 11 is 0. The first-order valence-electron chi connectivity index (χ1n) is 4.53. The van der Waals surface area contributed by atoms with Crippen LogP contribution in [0.5, 0.6) is 0 Å². The van der Waals surface area contributed by atoms with E-state index in [1.54, 1.807) is 13.8 Å². The van der Waals surface area contributed by atoms with Crippen molar-refractivity contribution < 1.29 is 10.2 Å². The molecule has 4 N–H and O–H groups in total. The zero-order chi connectivity index (χ0) is 9.78. The minimum Gasteiger partial charge on any atom is -0.392 e. The lowest BCUT2D eigenvalue weighted by Gasteiger charge is -2.25. The molecule has 3 nitrogen and oxygen atoms in total. The van der Waals surface area contributed by atoms with Crippen LogP contribution in [0.4, 0.5) is 0 Å². The highest BCUT2D eigenvalue weighted by molar-refractivity contribution is 4.79. The van der Waals surface area contributed by atoms with Gasteiger partial charge in [0, 0.05) is 6.04 Å². The van der Waals surface area contributed by atoms with Crippen molar-refractivity contribution in [2.24, 2.45) is 5.73 Å². The summed E-state index contributed by atoms with van der Waals surface area (Å²) in [5.74, 6) is 0. The lowest BCUT2D eigenvalue weighted by Crippen LogP contribution is -2.40. The molecular weight excluding hydrogens is 154 g/mol. The normalized spacial score (nSPS) is 17.5. The van der Waals surface area contributed by atoms with Gasteiger partial charge < -0.3 is 15.9 Å². The van der Waals surface area contributed by atoms with Gasteiger partial charge in [-0.2, -0.15) is 0 Å². The van der Waals surface area contributed by atoms with E-state index in [0.717, 1.165) is 6.42 Å². The first kappa shape index (κ1) is 11.9. The number of nitrogens with two attached hydrogens (primary N) is 1. The van der Waals surface area contributed by atoms with Crippen LogP contribution in [-0.4, -0.2) is 28.0 Å². The molecule has 0 rings (SSSR count). The Morgan fingerprint density at radius 1 is 1.42 bits per heavy atom. The van der Waals surface area contributed by atoms with Crippen LogP contribution in [0.2, 0.25) is 0 Å². The molecule has 0 spiro atoms. The topological polar surface area (TPSA) is 66.5 Å². The van der Waals surface area contributed by atoms with Gasteiger partial charge in [0.25, 0.3) is 0 Å². The van der Waals surface area contributed by atoms with E-state index in [1.165, 1.54) is 0 Å². The minimum atomic E-state index is -0.784. The van der Waals surface area contributed by atoms with Gasteiger partial charge in [-0.25, -0.2) is 0 Å². The molecule has 0 saturated heterocycles. The van der Waals surface area contributed by atoms with Crippen LogP contribution in [0.25, 0.3) is 0 Å². The lowest BCUT2D eigenvalue weighted by molar-refractivity contribution is 0.0353. The molecule has 0 aromatic rings. The fourth-order valence-corrected chi connectivity index (χ4v) is 1.22.